The van der Waals surface area contributed by atoms with E-state index in [9.17, 15) is 4.79 Å². The smallest absolute Gasteiger partial charge is 0.241 e. The number of carbonyl (C=O) groups excluding carboxylic acids is 1. The summed E-state index contributed by atoms with van der Waals surface area (Å²) < 4.78 is 10.9. The van der Waals surface area contributed by atoms with Gasteiger partial charge in [0.15, 0.2) is 0 Å². The van der Waals surface area contributed by atoms with Crippen LogP contribution in [0.1, 0.15) is 12.8 Å². The Morgan fingerprint density at radius 3 is 2.22 bits per heavy atom. The number of carbonyl (C=O) groups is 1. The van der Waals surface area contributed by atoms with E-state index in [1.807, 2.05) is 48.5 Å². The Morgan fingerprint density at radius 1 is 1.04 bits per heavy atom. The molecule has 1 atom stereocenters. The lowest BCUT2D eigenvalue weighted by atomic mass is 10.2. The molecule has 5 heteroatoms. The number of benzene rings is 2. The van der Waals surface area contributed by atoms with Gasteiger partial charge in [-0.15, -0.1) is 0 Å². The van der Waals surface area contributed by atoms with Crippen molar-refractivity contribution in [2.45, 2.75) is 18.9 Å². The molecule has 0 radical (unpaired) electrons. The van der Waals surface area contributed by atoms with E-state index in [0.29, 0.717) is 5.75 Å². The summed E-state index contributed by atoms with van der Waals surface area (Å²) in [5.41, 5.74) is 0.769. The second kappa shape index (κ2) is 7.15. The van der Waals surface area contributed by atoms with E-state index in [1.54, 1.807) is 7.11 Å². The van der Waals surface area contributed by atoms with Crippen molar-refractivity contribution < 1.29 is 14.3 Å². The highest BCUT2D eigenvalue weighted by molar-refractivity contribution is 5.95. The highest BCUT2D eigenvalue weighted by Gasteiger charge is 2.21. The molecule has 5 nitrogen and oxygen atoms in total. The van der Waals surface area contributed by atoms with Crippen LogP contribution in [0.3, 0.4) is 0 Å². The Hall–Kier alpha value is -2.53. The molecule has 0 saturated carbocycles. The van der Waals surface area contributed by atoms with E-state index in [4.69, 9.17) is 9.47 Å². The third kappa shape index (κ3) is 4.02. The lowest BCUT2D eigenvalue weighted by Gasteiger charge is -2.12. The minimum Gasteiger partial charge on any atom is -0.497 e. The SMILES string of the molecule is COc1ccc(Oc2ccc(NC(=O)[C@@H]3CCCN3)cc2)cc1. The number of methoxy groups -OCH3 is 1. The van der Waals surface area contributed by atoms with Gasteiger partial charge in [0, 0.05) is 5.69 Å². The van der Waals surface area contributed by atoms with E-state index in [-0.39, 0.29) is 11.9 Å². The molecule has 1 fully saturated rings. The molecule has 0 bridgehead atoms. The first kappa shape index (κ1) is 15.4. The molecule has 1 aliphatic heterocycles. The van der Waals surface area contributed by atoms with Gasteiger partial charge in [-0.3, -0.25) is 4.79 Å². The summed E-state index contributed by atoms with van der Waals surface area (Å²) in [5.74, 6) is 2.26. The summed E-state index contributed by atoms with van der Waals surface area (Å²) >= 11 is 0. The first-order chi connectivity index (χ1) is 11.2. The van der Waals surface area contributed by atoms with E-state index < -0.39 is 0 Å². The second-order valence-electron chi connectivity index (χ2n) is 5.44. The zero-order chi connectivity index (χ0) is 16.1. The average Bonchev–Trinajstić information content (AvgIpc) is 3.12. The molecule has 1 saturated heterocycles. The second-order valence-corrected chi connectivity index (χ2v) is 5.44. The molecule has 3 rings (SSSR count). The monoisotopic (exact) mass is 312 g/mol. The van der Waals surface area contributed by atoms with Crippen LogP contribution in [0.4, 0.5) is 5.69 Å². The Bertz CT molecular complexity index is 647. The Kier molecular flexibility index (Phi) is 4.78. The zero-order valence-corrected chi connectivity index (χ0v) is 13.0. The van der Waals surface area contributed by atoms with Gasteiger partial charge in [-0.25, -0.2) is 0 Å². The van der Waals surface area contributed by atoms with Gasteiger partial charge in [-0.1, -0.05) is 0 Å². The van der Waals surface area contributed by atoms with Gasteiger partial charge < -0.3 is 20.1 Å². The predicted molar refractivity (Wildman–Crippen MR) is 89.2 cm³/mol. The third-order valence-electron chi connectivity index (χ3n) is 3.79. The Morgan fingerprint density at radius 2 is 1.65 bits per heavy atom. The number of hydrogen-bond donors (Lipinski definition) is 2. The Balaban J connectivity index is 1.58. The summed E-state index contributed by atoms with van der Waals surface area (Å²) in [7, 11) is 1.63. The van der Waals surface area contributed by atoms with Crippen molar-refractivity contribution in [1.82, 2.24) is 5.32 Å². The number of nitrogens with one attached hydrogen (secondary N) is 2. The number of anilines is 1. The van der Waals surface area contributed by atoms with Crippen LogP contribution in [-0.2, 0) is 4.79 Å². The van der Waals surface area contributed by atoms with Gasteiger partial charge >= 0.3 is 0 Å². The predicted octanol–water partition coefficient (Wildman–Crippen LogP) is 3.18. The van der Waals surface area contributed by atoms with Crippen molar-refractivity contribution in [3.05, 3.63) is 48.5 Å². The van der Waals surface area contributed by atoms with Crippen molar-refractivity contribution in [2.75, 3.05) is 19.0 Å². The quantitative estimate of drug-likeness (QED) is 0.890. The van der Waals surface area contributed by atoms with Crippen molar-refractivity contribution in [2.24, 2.45) is 0 Å². The summed E-state index contributed by atoms with van der Waals surface area (Å²) in [6.45, 7) is 0.909. The van der Waals surface area contributed by atoms with Crippen molar-refractivity contribution >= 4 is 11.6 Å². The molecule has 0 aliphatic carbocycles. The third-order valence-corrected chi connectivity index (χ3v) is 3.79. The molecule has 0 spiro atoms. The lowest BCUT2D eigenvalue weighted by Crippen LogP contribution is -2.35. The lowest BCUT2D eigenvalue weighted by molar-refractivity contribution is -0.117. The fourth-order valence-corrected chi connectivity index (χ4v) is 2.52. The maximum atomic E-state index is 12.0. The highest BCUT2D eigenvalue weighted by Crippen LogP contribution is 2.25. The summed E-state index contributed by atoms with van der Waals surface area (Å²) in [5, 5.41) is 6.10. The van der Waals surface area contributed by atoms with Gasteiger partial charge in [0.2, 0.25) is 5.91 Å². The van der Waals surface area contributed by atoms with Crippen LogP contribution in [0, 0.1) is 0 Å². The van der Waals surface area contributed by atoms with Crippen LogP contribution in [0.25, 0.3) is 0 Å². The van der Waals surface area contributed by atoms with Gasteiger partial charge in [0.1, 0.15) is 17.2 Å². The number of rotatable bonds is 5. The molecule has 0 aromatic heterocycles. The van der Waals surface area contributed by atoms with Crippen LogP contribution >= 0.6 is 0 Å². The van der Waals surface area contributed by atoms with E-state index in [0.717, 1.165) is 36.6 Å². The van der Waals surface area contributed by atoms with E-state index >= 15 is 0 Å². The standard InChI is InChI=1S/C18H20N2O3/c1-22-14-8-10-16(11-9-14)23-15-6-4-13(5-7-15)20-18(21)17-3-2-12-19-17/h4-11,17,19H,2-3,12H2,1H3,(H,20,21)/t17-/m0/s1. The fraction of sp³-hybridized carbons (Fsp3) is 0.278. The minimum absolute atomic E-state index is 0.0197. The molecule has 2 N–H and O–H groups in total. The molecule has 0 unspecified atom stereocenters. The fourth-order valence-electron chi connectivity index (χ4n) is 2.52. The zero-order valence-electron chi connectivity index (χ0n) is 13.0. The van der Waals surface area contributed by atoms with Crippen molar-refractivity contribution in [3.63, 3.8) is 0 Å². The van der Waals surface area contributed by atoms with E-state index in [2.05, 4.69) is 10.6 Å². The summed E-state index contributed by atoms with van der Waals surface area (Å²) in [4.78, 5) is 12.0. The first-order valence-electron chi connectivity index (χ1n) is 7.71. The average molecular weight is 312 g/mol. The van der Waals surface area contributed by atoms with E-state index in [1.165, 1.54) is 0 Å². The van der Waals surface area contributed by atoms with Crippen molar-refractivity contribution in [1.29, 1.82) is 0 Å². The molecule has 1 amide bonds. The van der Waals surface area contributed by atoms with Crippen LogP contribution < -0.4 is 20.1 Å². The van der Waals surface area contributed by atoms with Crippen LogP contribution in [0.2, 0.25) is 0 Å². The number of hydrogen-bond acceptors (Lipinski definition) is 4. The molecule has 23 heavy (non-hydrogen) atoms. The van der Waals surface area contributed by atoms with Gasteiger partial charge in [-0.2, -0.15) is 0 Å². The van der Waals surface area contributed by atoms with Crippen molar-refractivity contribution in [3.8, 4) is 17.2 Å². The largest absolute Gasteiger partial charge is 0.497 e. The van der Waals surface area contributed by atoms with Gasteiger partial charge in [-0.05, 0) is 67.9 Å². The summed E-state index contributed by atoms with van der Waals surface area (Å²) in [6, 6.07) is 14.7. The molecule has 1 aliphatic rings. The van der Waals surface area contributed by atoms with Crippen LogP contribution in [0.5, 0.6) is 17.2 Å². The summed E-state index contributed by atoms with van der Waals surface area (Å²) in [6.07, 6.45) is 1.94. The molecule has 2 aromatic carbocycles. The molecule has 2 aromatic rings. The Labute approximate surface area is 135 Å². The molecular formula is C18H20N2O3. The van der Waals surface area contributed by atoms with Gasteiger partial charge in [0.25, 0.3) is 0 Å². The molecular weight excluding hydrogens is 292 g/mol. The maximum Gasteiger partial charge on any atom is 0.241 e. The topological polar surface area (TPSA) is 59.6 Å². The highest BCUT2D eigenvalue weighted by atomic mass is 16.5. The first-order valence-corrected chi connectivity index (χ1v) is 7.71. The minimum atomic E-state index is -0.0785. The van der Waals surface area contributed by atoms with Crippen LogP contribution in [-0.4, -0.2) is 25.6 Å². The van der Waals surface area contributed by atoms with Gasteiger partial charge in [0.05, 0.1) is 13.2 Å². The van der Waals surface area contributed by atoms with Crippen LogP contribution in [0.15, 0.2) is 48.5 Å². The molecule has 120 valence electrons. The normalized spacial score (nSPS) is 16.8. The maximum absolute atomic E-state index is 12.0. The number of ether oxygens (including phenoxy) is 2. The molecule has 1 heterocycles. The number of amides is 1.